The van der Waals surface area contributed by atoms with Crippen LogP contribution in [0.1, 0.15) is 17.0 Å². The number of benzene rings is 1. The summed E-state index contributed by atoms with van der Waals surface area (Å²) in [7, 11) is 0. The standard InChI is InChI=1S/C15H20N4/c16-11-14-4-2-1-3-13(14)5-7-18-9-10-19-8-6-17-15(19)12-18/h1-4,6,8H,5,7,9-12,16H2. The largest absolute Gasteiger partial charge is 0.333 e. The van der Waals surface area contributed by atoms with Gasteiger partial charge in [-0.25, -0.2) is 4.98 Å². The van der Waals surface area contributed by atoms with E-state index in [4.69, 9.17) is 5.73 Å². The Bertz CT molecular complexity index is 547. The average Bonchev–Trinajstić information content (AvgIpc) is 2.93. The Morgan fingerprint density at radius 2 is 2.00 bits per heavy atom. The van der Waals surface area contributed by atoms with E-state index in [1.807, 2.05) is 6.20 Å². The van der Waals surface area contributed by atoms with Gasteiger partial charge in [0, 0.05) is 38.6 Å². The summed E-state index contributed by atoms with van der Waals surface area (Å²) in [4.78, 5) is 6.86. The molecule has 4 nitrogen and oxygen atoms in total. The second kappa shape index (κ2) is 5.55. The summed E-state index contributed by atoms with van der Waals surface area (Å²) in [6, 6.07) is 8.46. The molecule has 19 heavy (non-hydrogen) atoms. The SMILES string of the molecule is NCc1ccccc1CCN1CCn2ccnc2C1. The summed E-state index contributed by atoms with van der Waals surface area (Å²) < 4.78 is 2.24. The molecule has 0 spiro atoms. The van der Waals surface area contributed by atoms with E-state index in [2.05, 4.69) is 44.9 Å². The van der Waals surface area contributed by atoms with E-state index >= 15 is 0 Å². The fourth-order valence-corrected chi connectivity index (χ4v) is 2.69. The van der Waals surface area contributed by atoms with Crippen LogP contribution >= 0.6 is 0 Å². The third-order valence-electron chi connectivity index (χ3n) is 3.86. The lowest BCUT2D eigenvalue weighted by molar-refractivity contribution is 0.219. The number of hydrogen-bond donors (Lipinski definition) is 1. The Kier molecular flexibility index (Phi) is 3.62. The molecule has 1 aliphatic heterocycles. The van der Waals surface area contributed by atoms with Crippen LogP contribution in [0, 0.1) is 0 Å². The summed E-state index contributed by atoms with van der Waals surface area (Å²) in [5.41, 5.74) is 8.42. The van der Waals surface area contributed by atoms with Gasteiger partial charge in [-0.15, -0.1) is 0 Å². The molecule has 0 saturated heterocycles. The number of imidazole rings is 1. The van der Waals surface area contributed by atoms with Crippen LogP contribution in [-0.4, -0.2) is 27.5 Å². The Morgan fingerprint density at radius 3 is 2.84 bits per heavy atom. The molecule has 0 fully saturated rings. The van der Waals surface area contributed by atoms with Crippen molar-refractivity contribution in [3.05, 3.63) is 53.6 Å². The Morgan fingerprint density at radius 1 is 1.16 bits per heavy atom. The van der Waals surface area contributed by atoms with Crippen LogP contribution in [0.15, 0.2) is 36.7 Å². The number of rotatable bonds is 4. The van der Waals surface area contributed by atoms with Gasteiger partial charge in [0.2, 0.25) is 0 Å². The van der Waals surface area contributed by atoms with Crippen molar-refractivity contribution in [1.82, 2.24) is 14.5 Å². The minimum absolute atomic E-state index is 0.626. The first kappa shape index (κ1) is 12.4. The third kappa shape index (κ3) is 2.69. The van der Waals surface area contributed by atoms with Crippen molar-refractivity contribution >= 4 is 0 Å². The number of fused-ring (bicyclic) bond motifs is 1. The molecular formula is C15H20N4. The maximum atomic E-state index is 5.78. The van der Waals surface area contributed by atoms with E-state index in [0.717, 1.165) is 32.6 Å². The molecule has 1 aromatic heterocycles. The molecule has 1 aromatic carbocycles. The van der Waals surface area contributed by atoms with Crippen molar-refractivity contribution < 1.29 is 0 Å². The molecule has 100 valence electrons. The number of nitrogens with zero attached hydrogens (tertiary/aromatic N) is 3. The van der Waals surface area contributed by atoms with E-state index in [9.17, 15) is 0 Å². The van der Waals surface area contributed by atoms with Crippen LogP contribution in [0.2, 0.25) is 0 Å². The van der Waals surface area contributed by atoms with Gasteiger partial charge in [0.15, 0.2) is 0 Å². The van der Waals surface area contributed by atoms with Crippen molar-refractivity contribution in [3.8, 4) is 0 Å². The molecule has 4 heteroatoms. The monoisotopic (exact) mass is 256 g/mol. The van der Waals surface area contributed by atoms with Gasteiger partial charge in [-0.3, -0.25) is 4.90 Å². The zero-order valence-electron chi connectivity index (χ0n) is 11.1. The van der Waals surface area contributed by atoms with Crippen LogP contribution in [0.4, 0.5) is 0 Å². The molecule has 2 aromatic rings. The van der Waals surface area contributed by atoms with Crippen molar-refractivity contribution in [3.63, 3.8) is 0 Å². The molecular weight excluding hydrogens is 236 g/mol. The fraction of sp³-hybridized carbons (Fsp3) is 0.400. The summed E-state index contributed by atoms with van der Waals surface area (Å²) in [5.74, 6) is 1.18. The van der Waals surface area contributed by atoms with Gasteiger partial charge < -0.3 is 10.3 Å². The van der Waals surface area contributed by atoms with E-state index in [-0.39, 0.29) is 0 Å². The molecule has 0 radical (unpaired) electrons. The molecule has 2 heterocycles. The minimum Gasteiger partial charge on any atom is -0.333 e. The molecule has 0 amide bonds. The van der Waals surface area contributed by atoms with E-state index in [0.29, 0.717) is 6.54 Å². The highest BCUT2D eigenvalue weighted by molar-refractivity contribution is 5.27. The van der Waals surface area contributed by atoms with Crippen LogP contribution < -0.4 is 5.73 Å². The highest BCUT2D eigenvalue weighted by atomic mass is 15.2. The number of hydrogen-bond acceptors (Lipinski definition) is 3. The molecule has 0 atom stereocenters. The maximum Gasteiger partial charge on any atom is 0.122 e. The van der Waals surface area contributed by atoms with Gasteiger partial charge in [0.1, 0.15) is 5.82 Å². The molecule has 0 bridgehead atoms. The lowest BCUT2D eigenvalue weighted by atomic mass is 10.0. The first-order chi connectivity index (χ1) is 9.36. The lowest BCUT2D eigenvalue weighted by Crippen LogP contribution is -2.35. The first-order valence-corrected chi connectivity index (χ1v) is 6.86. The van der Waals surface area contributed by atoms with E-state index < -0.39 is 0 Å². The van der Waals surface area contributed by atoms with Crippen LogP contribution in [0.5, 0.6) is 0 Å². The predicted octanol–water partition coefficient (Wildman–Crippen LogP) is 1.40. The lowest BCUT2D eigenvalue weighted by Gasteiger charge is -2.27. The van der Waals surface area contributed by atoms with E-state index in [1.165, 1.54) is 17.0 Å². The van der Waals surface area contributed by atoms with Crippen LogP contribution in [-0.2, 0) is 26.1 Å². The topological polar surface area (TPSA) is 47.1 Å². The van der Waals surface area contributed by atoms with Crippen molar-refractivity contribution in [2.24, 2.45) is 5.73 Å². The molecule has 0 aliphatic carbocycles. The number of nitrogens with two attached hydrogens (primary N) is 1. The summed E-state index contributed by atoms with van der Waals surface area (Å²) >= 11 is 0. The van der Waals surface area contributed by atoms with Crippen molar-refractivity contribution in [2.75, 3.05) is 13.1 Å². The zero-order chi connectivity index (χ0) is 13.1. The summed E-state index contributed by atoms with van der Waals surface area (Å²) in [5, 5.41) is 0. The van der Waals surface area contributed by atoms with Gasteiger partial charge in [0.25, 0.3) is 0 Å². The molecule has 3 rings (SSSR count). The predicted molar refractivity (Wildman–Crippen MR) is 75.5 cm³/mol. The maximum absolute atomic E-state index is 5.78. The minimum atomic E-state index is 0.626. The highest BCUT2D eigenvalue weighted by Crippen LogP contribution is 2.13. The summed E-state index contributed by atoms with van der Waals surface area (Å²) in [6.45, 7) is 4.81. The van der Waals surface area contributed by atoms with E-state index in [1.54, 1.807) is 0 Å². The van der Waals surface area contributed by atoms with Crippen molar-refractivity contribution in [2.45, 2.75) is 26.1 Å². The molecule has 0 saturated carbocycles. The first-order valence-electron chi connectivity index (χ1n) is 6.86. The second-order valence-electron chi connectivity index (χ2n) is 5.04. The highest BCUT2D eigenvalue weighted by Gasteiger charge is 2.16. The Hall–Kier alpha value is -1.65. The third-order valence-corrected chi connectivity index (χ3v) is 3.86. The fourth-order valence-electron chi connectivity index (χ4n) is 2.69. The van der Waals surface area contributed by atoms with Crippen molar-refractivity contribution in [1.29, 1.82) is 0 Å². The normalized spacial score (nSPS) is 15.4. The number of aromatic nitrogens is 2. The quantitative estimate of drug-likeness (QED) is 0.899. The Labute approximate surface area is 113 Å². The van der Waals surface area contributed by atoms with Gasteiger partial charge in [-0.2, -0.15) is 0 Å². The second-order valence-corrected chi connectivity index (χ2v) is 5.04. The average molecular weight is 256 g/mol. The smallest absolute Gasteiger partial charge is 0.122 e. The van der Waals surface area contributed by atoms with Gasteiger partial charge in [-0.05, 0) is 17.5 Å². The van der Waals surface area contributed by atoms with Gasteiger partial charge >= 0.3 is 0 Å². The molecule has 0 unspecified atom stereocenters. The molecule has 2 N–H and O–H groups in total. The van der Waals surface area contributed by atoms with Gasteiger partial charge in [0.05, 0.1) is 6.54 Å². The van der Waals surface area contributed by atoms with Crippen LogP contribution in [0.3, 0.4) is 0 Å². The Balaban J connectivity index is 1.61. The van der Waals surface area contributed by atoms with Crippen LogP contribution in [0.25, 0.3) is 0 Å². The van der Waals surface area contributed by atoms with Gasteiger partial charge in [-0.1, -0.05) is 24.3 Å². The zero-order valence-corrected chi connectivity index (χ0v) is 11.1. The summed E-state index contributed by atoms with van der Waals surface area (Å²) in [6.07, 6.45) is 5.02. The molecule has 1 aliphatic rings.